The van der Waals surface area contributed by atoms with E-state index in [1.807, 2.05) is 66.5 Å². The molecule has 2 aromatic rings. The number of para-hydroxylation sites is 1. The molecule has 2 N–H and O–H groups in total. The van der Waals surface area contributed by atoms with Gasteiger partial charge in [0.05, 0.1) is 12.9 Å². The number of ether oxygens (including phenoxy) is 1. The van der Waals surface area contributed by atoms with Gasteiger partial charge in [0.15, 0.2) is 5.96 Å². The van der Waals surface area contributed by atoms with Crippen LogP contribution in [0.1, 0.15) is 11.1 Å². The fourth-order valence-electron chi connectivity index (χ4n) is 2.71. The third kappa shape index (κ3) is 6.86. The highest BCUT2D eigenvalue weighted by Gasteiger charge is 2.13. The number of sulfonamides is 1. The summed E-state index contributed by atoms with van der Waals surface area (Å²) in [4.78, 5) is 6.15. The van der Waals surface area contributed by atoms with Gasteiger partial charge in [0.25, 0.3) is 0 Å². The van der Waals surface area contributed by atoms with Crippen molar-refractivity contribution in [3.05, 3.63) is 65.7 Å². The molecule has 0 aliphatic carbocycles. The van der Waals surface area contributed by atoms with Gasteiger partial charge in [0.2, 0.25) is 10.0 Å². The van der Waals surface area contributed by atoms with Crippen molar-refractivity contribution in [3.8, 4) is 5.75 Å². The highest BCUT2D eigenvalue weighted by atomic mass is 32.2. The predicted molar refractivity (Wildman–Crippen MR) is 113 cm³/mol. The quantitative estimate of drug-likeness (QED) is 0.492. The first-order valence-corrected chi connectivity index (χ1v) is 10.7. The van der Waals surface area contributed by atoms with Crippen molar-refractivity contribution in [3.63, 3.8) is 0 Å². The molecule has 152 valence electrons. The van der Waals surface area contributed by atoms with Crippen LogP contribution in [0.4, 0.5) is 0 Å². The molecule has 0 saturated heterocycles. The largest absolute Gasteiger partial charge is 0.496 e. The average molecular weight is 405 g/mol. The van der Waals surface area contributed by atoms with Crippen LogP contribution in [0.5, 0.6) is 5.75 Å². The van der Waals surface area contributed by atoms with E-state index in [2.05, 4.69) is 15.0 Å². The van der Waals surface area contributed by atoms with Crippen molar-refractivity contribution in [1.29, 1.82) is 0 Å². The second-order valence-corrected chi connectivity index (χ2v) is 8.19. The molecule has 2 aromatic carbocycles. The summed E-state index contributed by atoms with van der Waals surface area (Å²) in [7, 11) is 1.82. The van der Waals surface area contributed by atoms with E-state index in [1.165, 1.54) is 0 Å². The Labute approximate surface area is 167 Å². The Hall–Kier alpha value is -2.58. The van der Waals surface area contributed by atoms with Crippen LogP contribution in [0.3, 0.4) is 0 Å². The number of rotatable bonds is 9. The third-order valence-electron chi connectivity index (χ3n) is 4.17. The molecule has 0 spiro atoms. The van der Waals surface area contributed by atoms with Crippen LogP contribution in [-0.2, 0) is 23.1 Å². The lowest BCUT2D eigenvalue weighted by Gasteiger charge is -2.23. The summed E-state index contributed by atoms with van der Waals surface area (Å²) >= 11 is 0. The molecule has 0 aliphatic heterocycles. The van der Waals surface area contributed by atoms with Gasteiger partial charge in [0.1, 0.15) is 5.75 Å². The van der Waals surface area contributed by atoms with Crippen LogP contribution < -0.4 is 14.8 Å². The van der Waals surface area contributed by atoms with E-state index in [9.17, 15) is 8.42 Å². The molecular formula is C20H28N4O3S. The van der Waals surface area contributed by atoms with Gasteiger partial charge in [-0.15, -0.1) is 0 Å². The van der Waals surface area contributed by atoms with E-state index in [1.54, 1.807) is 14.2 Å². The zero-order valence-corrected chi connectivity index (χ0v) is 17.4. The van der Waals surface area contributed by atoms with Gasteiger partial charge >= 0.3 is 0 Å². The lowest BCUT2D eigenvalue weighted by Crippen LogP contribution is -2.41. The van der Waals surface area contributed by atoms with Crippen molar-refractivity contribution in [1.82, 2.24) is 14.9 Å². The van der Waals surface area contributed by atoms with Gasteiger partial charge in [-0.05, 0) is 11.6 Å². The molecule has 28 heavy (non-hydrogen) atoms. The van der Waals surface area contributed by atoms with Crippen molar-refractivity contribution in [2.75, 3.05) is 33.5 Å². The Morgan fingerprint density at radius 1 is 1.11 bits per heavy atom. The minimum Gasteiger partial charge on any atom is -0.496 e. The summed E-state index contributed by atoms with van der Waals surface area (Å²) in [5, 5.41) is 3.10. The molecule has 0 atom stereocenters. The van der Waals surface area contributed by atoms with Gasteiger partial charge in [-0.2, -0.15) is 0 Å². The van der Waals surface area contributed by atoms with Gasteiger partial charge in [-0.25, -0.2) is 13.1 Å². The topological polar surface area (TPSA) is 83.0 Å². The van der Waals surface area contributed by atoms with Crippen molar-refractivity contribution in [2.45, 2.75) is 13.1 Å². The molecule has 0 unspecified atom stereocenters. The molecule has 0 saturated carbocycles. The van der Waals surface area contributed by atoms with Gasteiger partial charge in [-0.3, -0.25) is 4.99 Å². The summed E-state index contributed by atoms with van der Waals surface area (Å²) in [6, 6.07) is 17.2. The van der Waals surface area contributed by atoms with Crippen LogP contribution in [0.25, 0.3) is 0 Å². The first-order chi connectivity index (χ1) is 13.4. The smallest absolute Gasteiger partial charge is 0.213 e. The van der Waals surface area contributed by atoms with E-state index in [4.69, 9.17) is 4.74 Å². The number of guanidine groups is 1. The predicted octanol–water partition coefficient (Wildman–Crippen LogP) is 1.82. The van der Waals surface area contributed by atoms with Crippen LogP contribution in [0, 0.1) is 0 Å². The maximum Gasteiger partial charge on any atom is 0.213 e. The molecule has 0 aliphatic rings. The summed E-state index contributed by atoms with van der Waals surface area (Å²) in [5.41, 5.74) is 1.94. The lowest BCUT2D eigenvalue weighted by molar-refractivity contribution is 0.396. The molecule has 0 fully saturated rings. The monoisotopic (exact) mass is 404 g/mol. The van der Waals surface area contributed by atoms with Gasteiger partial charge in [0, 0.05) is 39.3 Å². The Kier molecular flexibility index (Phi) is 8.28. The number of hydrogen-bond acceptors (Lipinski definition) is 4. The van der Waals surface area contributed by atoms with Crippen molar-refractivity contribution in [2.24, 2.45) is 4.99 Å². The van der Waals surface area contributed by atoms with Crippen LogP contribution >= 0.6 is 0 Å². The number of nitrogens with one attached hydrogen (secondary N) is 2. The summed E-state index contributed by atoms with van der Waals surface area (Å²) in [6.07, 6.45) is 0. The minimum atomic E-state index is -3.38. The molecule has 0 radical (unpaired) electrons. The van der Waals surface area contributed by atoms with Crippen molar-refractivity contribution < 1.29 is 13.2 Å². The third-order valence-corrected chi connectivity index (χ3v) is 5.49. The Morgan fingerprint density at radius 2 is 1.79 bits per heavy atom. The molecule has 2 rings (SSSR count). The number of methoxy groups -OCH3 is 1. The fourth-order valence-corrected chi connectivity index (χ4v) is 3.61. The first kappa shape index (κ1) is 21.7. The molecule has 7 nitrogen and oxygen atoms in total. The molecule has 0 amide bonds. The van der Waals surface area contributed by atoms with Crippen LogP contribution in [0.15, 0.2) is 59.6 Å². The summed E-state index contributed by atoms with van der Waals surface area (Å²) < 4.78 is 32.4. The number of aliphatic imine (C=N–C) groups is 1. The van der Waals surface area contributed by atoms with Crippen molar-refractivity contribution >= 4 is 16.0 Å². The zero-order chi connectivity index (χ0) is 20.4. The Bertz CT molecular complexity index is 870. The lowest BCUT2D eigenvalue weighted by atomic mass is 10.2. The number of nitrogens with zero attached hydrogens (tertiary/aromatic N) is 2. The highest BCUT2D eigenvalue weighted by molar-refractivity contribution is 7.89. The van der Waals surface area contributed by atoms with E-state index >= 15 is 0 Å². The molecular weight excluding hydrogens is 376 g/mol. The Balaban J connectivity index is 1.84. The van der Waals surface area contributed by atoms with E-state index < -0.39 is 10.0 Å². The Morgan fingerprint density at radius 3 is 2.46 bits per heavy atom. The van der Waals surface area contributed by atoms with E-state index in [-0.39, 0.29) is 18.8 Å². The van der Waals surface area contributed by atoms with Gasteiger partial charge in [-0.1, -0.05) is 48.5 Å². The zero-order valence-electron chi connectivity index (χ0n) is 16.6. The maximum absolute atomic E-state index is 12.2. The van der Waals surface area contributed by atoms with Crippen LogP contribution in [0.2, 0.25) is 0 Å². The van der Waals surface area contributed by atoms with Crippen LogP contribution in [-0.4, -0.2) is 52.8 Å². The average Bonchev–Trinajstić information content (AvgIpc) is 2.71. The normalized spacial score (nSPS) is 11.9. The first-order valence-electron chi connectivity index (χ1n) is 9.00. The molecule has 8 heteroatoms. The maximum atomic E-state index is 12.2. The number of benzene rings is 2. The second-order valence-electron chi connectivity index (χ2n) is 6.27. The molecule has 0 heterocycles. The van der Waals surface area contributed by atoms with Gasteiger partial charge < -0.3 is 15.0 Å². The SMILES string of the molecule is CN=C(NCCS(=O)(=O)NCc1ccccc1)N(C)Cc1ccccc1OC. The highest BCUT2D eigenvalue weighted by Crippen LogP contribution is 2.18. The summed E-state index contributed by atoms with van der Waals surface area (Å²) in [6.45, 7) is 1.13. The summed E-state index contributed by atoms with van der Waals surface area (Å²) in [5.74, 6) is 1.38. The standard InChI is InChI=1S/C20H28N4O3S/c1-21-20(24(2)16-18-11-7-8-12-19(18)27-3)22-13-14-28(25,26)23-15-17-9-5-4-6-10-17/h4-12,23H,13-16H2,1-3H3,(H,21,22). The molecule has 0 aromatic heterocycles. The fraction of sp³-hybridized carbons (Fsp3) is 0.350. The molecule has 0 bridgehead atoms. The number of hydrogen-bond donors (Lipinski definition) is 2. The second kappa shape index (κ2) is 10.7. The van der Waals surface area contributed by atoms with E-state index in [0.29, 0.717) is 12.5 Å². The minimum absolute atomic E-state index is 0.0403. The van der Waals surface area contributed by atoms with E-state index in [0.717, 1.165) is 16.9 Å².